The van der Waals surface area contributed by atoms with E-state index in [4.69, 9.17) is 4.74 Å². The molecule has 138 valence electrons. The smallest absolute Gasteiger partial charge is 0.271 e. The summed E-state index contributed by atoms with van der Waals surface area (Å²) in [4.78, 5) is 25.9. The van der Waals surface area contributed by atoms with Crippen molar-refractivity contribution in [3.05, 3.63) is 47.3 Å². The van der Waals surface area contributed by atoms with E-state index in [1.54, 1.807) is 13.2 Å². The third kappa shape index (κ3) is 4.31. The minimum atomic E-state index is -0.142. The number of hydrogen-bond donors (Lipinski definition) is 1. The zero-order valence-corrected chi connectivity index (χ0v) is 15.3. The van der Waals surface area contributed by atoms with Gasteiger partial charge in [-0.05, 0) is 55.4 Å². The highest BCUT2D eigenvalue weighted by molar-refractivity contribution is 5.97. The summed E-state index contributed by atoms with van der Waals surface area (Å²) in [5.41, 5.74) is 1.99. The van der Waals surface area contributed by atoms with Crippen molar-refractivity contribution in [2.24, 2.45) is 5.92 Å². The fourth-order valence-electron chi connectivity index (χ4n) is 3.43. The van der Waals surface area contributed by atoms with E-state index in [0.29, 0.717) is 17.3 Å². The summed E-state index contributed by atoms with van der Waals surface area (Å²) in [6.45, 7) is 2.95. The van der Waals surface area contributed by atoms with Crippen LogP contribution in [-0.2, 0) is 6.42 Å². The molecule has 1 saturated heterocycles. The second-order valence-electron chi connectivity index (χ2n) is 6.87. The first-order valence-corrected chi connectivity index (χ1v) is 9.05. The molecule has 0 aliphatic carbocycles. The summed E-state index contributed by atoms with van der Waals surface area (Å²) < 4.78 is 5.19. The number of aryl methyl sites for hydroxylation is 1. The number of nitrogens with zero attached hydrogens (tertiary/aromatic N) is 2. The van der Waals surface area contributed by atoms with Gasteiger partial charge < -0.3 is 9.64 Å². The number of rotatable bonds is 6. The number of Topliss-reactive ketones (excluding diaryl/α,β-unsaturated/α-hetero) is 1. The Morgan fingerprint density at radius 1 is 1.31 bits per heavy atom. The predicted molar refractivity (Wildman–Crippen MR) is 98.5 cm³/mol. The van der Waals surface area contributed by atoms with E-state index in [1.165, 1.54) is 12.5 Å². The van der Waals surface area contributed by atoms with E-state index in [0.717, 1.165) is 44.5 Å². The van der Waals surface area contributed by atoms with Crippen molar-refractivity contribution in [1.29, 1.82) is 0 Å². The van der Waals surface area contributed by atoms with E-state index < -0.39 is 0 Å². The average Bonchev–Trinajstić information content (AvgIpc) is 3.17. The molecule has 1 unspecified atom stereocenters. The highest BCUT2D eigenvalue weighted by atomic mass is 16.5. The number of hydrogen-bond acceptors (Lipinski definition) is 4. The number of amides is 1. The standard InChI is InChI=1S/C20H25N3O3/c1-14(24)18-12-19(22-21-18)20(25)23-11-3-4-16(13-23)6-5-15-7-9-17(26-2)10-8-15/h7-10,12,16H,3-6,11,13H2,1-2H3,(H,21,22). The molecule has 1 aliphatic rings. The Hall–Kier alpha value is -2.63. The van der Waals surface area contributed by atoms with Crippen molar-refractivity contribution in [2.75, 3.05) is 20.2 Å². The fourth-order valence-corrected chi connectivity index (χ4v) is 3.43. The number of ether oxygens (including phenoxy) is 1. The lowest BCUT2D eigenvalue weighted by Gasteiger charge is -2.32. The van der Waals surface area contributed by atoms with Crippen molar-refractivity contribution in [3.63, 3.8) is 0 Å². The van der Waals surface area contributed by atoms with Crippen molar-refractivity contribution in [1.82, 2.24) is 15.1 Å². The molecule has 6 heteroatoms. The Balaban J connectivity index is 1.55. The van der Waals surface area contributed by atoms with Gasteiger partial charge in [0, 0.05) is 20.0 Å². The van der Waals surface area contributed by atoms with Gasteiger partial charge in [0.05, 0.1) is 7.11 Å². The maximum atomic E-state index is 12.7. The highest BCUT2D eigenvalue weighted by Crippen LogP contribution is 2.23. The first-order chi connectivity index (χ1) is 12.6. The van der Waals surface area contributed by atoms with Crippen LogP contribution in [-0.4, -0.2) is 47.0 Å². The van der Waals surface area contributed by atoms with Crippen LogP contribution in [0.5, 0.6) is 5.75 Å². The van der Waals surface area contributed by atoms with Crippen LogP contribution in [0.25, 0.3) is 0 Å². The Bertz CT molecular complexity index is 767. The number of ketones is 1. The lowest BCUT2D eigenvalue weighted by molar-refractivity contribution is 0.0662. The molecule has 0 bridgehead atoms. The minimum Gasteiger partial charge on any atom is -0.497 e. The third-order valence-electron chi connectivity index (χ3n) is 4.98. The van der Waals surface area contributed by atoms with Gasteiger partial charge in [-0.15, -0.1) is 0 Å². The van der Waals surface area contributed by atoms with Crippen LogP contribution >= 0.6 is 0 Å². The van der Waals surface area contributed by atoms with Crippen LogP contribution in [0, 0.1) is 5.92 Å². The number of likely N-dealkylation sites (tertiary alicyclic amines) is 1. The molecule has 2 aromatic rings. The second-order valence-corrected chi connectivity index (χ2v) is 6.87. The molecule has 26 heavy (non-hydrogen) atoms. The van der Waals surface area contributed by atoms with Gasteiger partial charge in [-0.1, -0.05) is 12.1 Å². The van der Waals surface area contributed by atoms with Gasteiger partial charge in [0.15, 0.2) is 5.78 Å². The maximum Gasteiger partial charge on any atom is 0.271 e. The van der Waals surface area contributed by atoms with E-state index in [2.05, 4.69) is 22.3 Å². The first kappa shape index (κ1) is 18.2. The molecule has 1 aromatic carbocycles. The first-order valence-electron chi connectivity index (χ1n) is 9.05. The van der Waals surface area contributed by atoms with Gasteiger partial charge in [0.2, 0.25) is 0 Å². The van der Waals surface area contributed by atoms with Crippen LogP contribution in [0.1, 0.15) is 52.7 Å². The number of carbonyl (C=O) groups is 2. The summed E-state index contributed by atoms with van der Waals surface area (Å²) in [6, 6.07) is 9.70. The van der Waals surface area contributed by atoms with E-state index >= 15 is 0 Å². The minimum absolute atomic E-state index is 0.0702. The molecule has 0 saturated carbocycles. The van der Waals surface area contributed by atoms with E-state index in [1.807, 2.05) is 17.0 Å². The Kier molecular flexibility index (Phi) is 5.71. The predicted octanol–water partition coefficient (Wildman–Crippen LogP) is 3.11. The third-order valence-corrected chi connectivity index (χ3v) is 4.98. The molecular weight excluding hydrogens is 330 g/mol. The Morgan fingerprint density at radius 3 is 2.73 bits per heavy atom. The summed E-state index contributed by atoms with van der Waals surface area (Å²) in [5, 5.41) is 6.60. The van der Waals surface area contributed by atoms with Crippen LogP contribution in [0.3, 0.4) is 0 Å². The zero-order chi connectivity index (χ0) is 18.5. The largest absolute Gasteiger partial charge is 0.497 e. The number of aromatic nitrogens is 2. The van der Waals surface area contributed by atoms with E-state index in [9.17, 15) is 9.59 Å². The molecular formula is C20H25N3O3. The average molecular weight is 355 g/mol. The van der Waals surface area contributed by atoms with Gasteiger partial charge in [0.25, 0.3) is 5.91 Å². The molecule has 1 aromatic heterocycles. The van der Waals surface area contributed by atoms with Crippen molar-refractivity contribution < 1.29 is 14.3 Å². The van der Waals surface area contributed by atoms with Crippen molar-refractivity contribution >= 4 is 11.7 Å². The fraction of sp³-hybridized carbons (Fsp3) is 0.450. The molecule has 2 heterocycles. The van der Waals surface area contributed by atoms with Crippen LogP contribution in [0.4, 0.5) is 0 Å². The quantitative estimate of drug-likeness (QED) is 0.808. The summed E-state index contributed by atoms with van der Waals surface area (Å²) in [5.74, 6) is 1.15. The molecule has 3 rings (SSSR count). The van der Waals surface area contributed by atoms with Crippen LogP contribution in [0.2, 0.25) is 0 Å². The van der Waals surface area contributed by atoms with Gasteiger partial charge in [0.1, 0.15) is 17.1 Å². The number of aromatic amines is 1. The lowest BCUT2D eigenvalue weighted by Crippen LogP contribution is -2.40. The topological polar surface area (TPSA) is 75.3 Å². The highest BCUT2D eigenvalue weighted by Gasteiger charge is 2.25. The number of H-pyrrole nitrogens is 1. The summed E-state index contributed by atoms with van der Waals surface area (Å²) >= 11 is 0. The van der Waals surface area contributed by atoms with Crippen molar-refractivity contribution in [2.45, 2.75) is 32.6 Å². The molecule has 1 fully saturated rings. The normalized spacial score (nSPS) is 17.2. The van der Waals surface area contributed by atoms with Gasteiger partial charge >= 0.3 is 0 Å². The molecule has 1 N–H and O–H groups in total. The number of nitrogens with one attached hydrogen (secondary N) is 1. The lowest BCUT2D eigenvalue weighted by atomic mass is 9.91. The number of carbonyl (C=O) groups excluding carboxylic acids is 2. The molecule has 1 amide bonds. The Labute approximate surface area is 153 Å². The zero-order valence-electron chi connectivity index (χ0n) is 15.3. The van der Waals surface area contributed by atoms with Gasteiger partial charge in [-0.3, -0.25) is 14.7 Å². The molecule has 1 aliphatic heterocycles. The maximum absolute atomic E-state index is 12.7. The van der Waals surface area contributed by atoms with Gasteiger partial charge in [-0.25, -0.2) is 0 Å². The van der Waals surface area contributed by atoms with Gasteiger partial charge in [-0.2, -0.15) is 5.10 Å². The molecule has 0 spiro atoms. The Morgan fingerprint density at radius 2 is 2.08 bits per heavy atom. The molecule has 1 atom stereocenters. The second kappa shape index (κ2) is 8.17. The van der Waals surface area contributed by atoms with Crippen LogP contribution in [0.15, 0.2) is 30.3 Å². The van der Waals surface area contributed by atoms with E-state index in [-0.39, 0.29) is 11.7 Å². The van der Waals surface area contributed by atoms with Crippen molar-refractivity contribution in [3.8, 4) is 5.75 Å². The molecule has 0 radical (unpaired) electrons. The number of piperidine rings is 1. The monoisotopic (exact) mass is 355 g/mol. The number of benzene rings is 1. The van der Waals surface area contributed by atoms with Crippen LogP contribution < -0.4 is 4.74 Å². The summed E-state index contributed by atoms with van der Waals surface area (Å²) in [6.07, 6.45) is 4.20. The molecule has 6 nitrogen and oxygen atoms in total. The SMILES string of the molecule is COc1ccc(CCC2CCCN(C(=O)c3cc(C(C)=O)n[nH]3)C2)cc1. The number of methoxy groups -OCH3 is 1. The summed E-state index contributed by atoms with van der Waals surface area (Å²) in [7, 11) is 1.67.